The zero-order valence-electron chi connectivity index (χ0n) is 8.63. The van der Waals surface area contributed by atoms with Gasteiger partial charge in [-0.3, -0.25) is 4.90 Å². The molecule has 0 fully saturated rings. The first kappa shape index (κ1) is 11.9. The molecule has 0 aliphatic rings. The average molecular weight is 217 g/mol. The molecule has 1 N–H and O–H groups in total. The molecule has 0 spiro atoms. The summed E-state index contributed by atoms with van der Waals surface area (Å²) in [6, 6.07) is 2.07. The molecule has 0 radical (unpaired) electrons. The summed E-state index contributed by atoms with van der Waals surface area (Å²) in [5.74, 6) is -1.28. The summed E-state index contributed by atoms with van der Waals surface area (Å²) in [6.07, 6.45) is 0. The summed E-state index contributed by atoms with van der Waals surface area (Å²) in [5, 5.41) is 8.74. The van der Waals surface area contributed by atoms with Gasteiger partial charge < -0.3 is 9.84 Å². The lowest BCUT2D eigenvalue weighted by molar-refractivity contribution is 0.125. The fraction of sp³-hybridized carbons (Fsp3) is 0.400. The summed E-state index contributed by atoms with van der Waals surface area (Å²) < 4.78 is 31.2. The van der Waals surface area contributed by atoms with Gasteiger partial charge in [-0.15, -0.1) is 0 Å². The molecule has 0 aliphatic carbocycles. The molecule has 84 valence electrons. The monoisotopic (exact) mass is 217 g/mol. The van der Waals surface area contributed by atoms with E-state index >= 15 is 0 Å². The number of halogens is 2. The fourth-order valence-electron chi connectivity index (χ4n) is 1.19. The molecule has 0 aliphatic heterocycles. The Morgan fingerprint density at radius 3 is 2.53 bits per heavy atom. The number of hydrogen-bond donors (Lipinski definition) is 1. The van der Waals surface area contributed by atoms with Crippen LogP contribution in [0.5, 0.6) is 5.75 Å². The van der Waals surface area contributed by atoms with Crippen molar-refractivity contribution in [2.75, 3.05) is 20.9 Å². The average Bonchev–Trinajstić information content (AvgIpc) is 2.22. The van der Waals surface area contributed by atoms with Gasteiger partial charge in [0.1, 0.15) is 5.82 Å². The molecule has 0 unspecified atom stereocenters. The number of rotatable bonds is 4. The number of hydrogen-bond acceptors (Lipinski definition) is 3. The predicted molar refractivity (Wildman–Crippen MR) is 51.5 cm³/mol. The van der Waals surface area contributed by atoms with Crippen molar-refractivity contribution in [2.45, 2.75) is 6.54 Å². The molecule has 1 rings (SSSR count). The third-order valence-corrected chi connectivity index (χ3v) is 2.00. The summed E-state index contributed by atoms with van der Waals surface area (Å²) in [6.45, 7) is -0.0731. The summed E-state index contributed by atoms with van der Waals surface area (Å²) in [4.78, 5) is 1.45. The van der Waals surface area contributed by atoms with E-state index in [2.05, 4.69) is 4.74 Å². The number of aliphatic hydroxyl groups excluding tert-OH is 1. The minimum Gasteiger partial charge on any atom is -0.494 e. The third-order valence-electron chi connectivity index (χ3n) is 2.00. The van der Waals surface area contributed by atoms with Gasteiger partial charge in [0, 0.05) is 18.2 Å². The van der Waals surface area contributed by atoms with Gasteiger partial charge in [-0.1, -0.05) is 0 Å². The van der Waals surface area contributed by atoms with Crippen molar-refractivity contribution in [1.82, 2.24) is 4.90 Å². The molecule has 1 aromatic rings. The maximum atomic E-state index is 13.4. The smallest absolute Gasteiger partial charge is 0.165 e. The Labute approximate surface area is 86.9 Å². The minimum absolute atomic E-state index is 0.122. The number of methoxy groups -OCH3 is 1. The molecule has 0 heterocycles. The molecule has 0 amide bonds. The number of nitrogens with zero attached hydrogens (tertiary/aromatic N) is 1. The lowest BCUT2D eigenvalue weighted by Crippen LogP contribution is -2.19. The Balaban J connectivity index is 2.95. The standard InChI is InChI=1S/C10H13F2NO2/c1-13(6-14)5-7-3-9(12)10(15-2)4-8(7)11/h3-4,14H,5-6H2,1-2H3. The van der Waals surface area contributed by atoms with E-state index in [1.54, 1.807) is 7.05 Å². The molecular formula is C10H13F2NO2. The van der Waals surface area contributed by atoms with Gasteiger partial charge in [0.2, 0.25) is 0 Å². The van der Waals surface area contributed by atoms with Crippen LogP contribution in [0.1, 0.15) is 5.56 Å². The van der Waals surface area contributed by atoms with Crippen LogP contribution in [0.4, 0.5) is 8.78 Å². The SMILES string of the molecule is COc1cc(F)c(CN(C)CO)cc1F. The second-order valence-electron chi connectivity index (χ2n) is 3.23. The van der Waals surface area contributed by atoms with Crippen molar-refractivity contribution in [3.05, 3.63) is 29.3 Å². The first-order chi connectivity index (χ1) is 7.08. The van der Waals surface area contributed by atoms with Crippen molar-refractivity contribution >= 4 is 0 Å². The van der Waals surface area contributed by atoms with Crippen molar-refractivity contribution in [3.63, 3.8) is 0 Å². The van der Waals surface area contributed by atoms with Gasteiger partial charge in [0.05, 0.1) is 13.8 Å². The van der Waals surface area contributed by atoms with Crippen molar-refractivity contribution in [3.8, 4) is 5.75 Å². The van der Waals surface area contributed by atoms with Crippen molar-refractivity contribution in [2.24, 2.45) is 0 Å². The molecule has 1 aromatic carbocycles. The second-order valence-corrected chi connectivity index (χ2v) is 3.23. The van der Waals surface area contributed by atoms with E-state index in [4.69, 9.17) is 5.11 Å². The highest BCUT2D eigenvalue weighted by Gasteiger charge is 2.11. The second kappa shape index (κ2) is 5.04. The Kier molecular flexibility index (Phi) is 3.99. The lowest BCUT2D eigenvalue weighted by atomic mass is 10.2. The van der Waals surface area contributed by atoms with Crippen LogP contribution in [0, 0.1) is 11.6 Å². The van der Waals surface area contributed by atoms with E-state index in [1.165, 1.54) is 12.0 Å². The topological polar surface area (TPSA) is 32.7 Å². The Bertz CT molecular complexity index is 344. The van der Waals surface area contributed by atoms with E-state index in [0.29, 0.717) is 0 Å². The highest BCUT2D eigenvalue weighted by molar-refractivity contribution is 5.30. The number of benzene rings is 1. The van der Waals surface area contributed by atoms with Gasteiger partial charge in [0.25, 0.3) is 0 Å². The van der Waals surface area contributed by atoms with E-state index < -0.39 is 11.6 Å². The van der Waals surface area contributed by atoms with E-state index in [0.717, 1.165) is 12.1 Å². The van der Waals surface area contributed by atoms with E-state index in [9.17, 15) is 8.78 Å². The minimum atomic E-state index is -0.611. The maximum Gasteiger partial charge on any atom is 0.165 e. The molecular weight excluding hydrogens is 204 g/mol. The lowest BCUT2D eigenvalue weighted by Gasteiger charge is -2.14. The van der Waals surface area contributed by atoms with E-state index in [1.807, 2.05) is 0 Å². The molecule has 15 heavy (non-hydrogen) atoms. The van der Waals surface area contributed by atoms with E-state index in [-0.39, 0.29) is 24.6 Å². The molecule has 0 saturated heterocycles. The Morgan fingerprint density at radius 2 is 2.00 bits per heavy atom. The zero-order chi connectivity index (χ0) is 11.4. The fourth-order valence-corrected chi connectivity index (χ4v) is 1.19. The maximum absolute atomic E-state index is 13.4. The van der Waals surface area contributed by atoms with Crippen LogP contribution in [0.2, 0.25) is 0 Å². The molecule has 3 nitrogen and oxygen atoms in total. The van der Waals surface area contributed by atoms with Crippen LogP contribution in [0.3, 0.4) is 0 Å². The van der Waals surface area contributed by atoms with Crippen LogP contribution in [-0.2, 0) is 6.54 Å². The zero-order valence-corrected chi connectivity index (χ0v) is 8.63. The Hall–Kier alpha value is -1.20. The van der Waals surface area contributed by atoms with Crippen LogP contribution >= 0.6 is 0 Å². The molecule has 0 atom stereocenters. The summed E-state index contributed by atoms with van der Waals surface area (Å²) in [5.41, 5.74) is 0.185. The van der Waals surface area contributed by atoms with Gasteiger partial charge in [0.15, 0.2) is 11.6 Å². The largest absolute Gasteiger partial charge is 0.494 e. The van der Waals surface area contributed by atoms with Crippen LogP contribution in [0.15, 0.2) is 12.1 Å². The van der Waals surface area contributed by atoms with Gasteiger partial charge in [-0.2, -0.15) is 0 Å². The number of ether oxygens (including phenoxy) is 1. The third kappa shape index (κ3) is 2.87. The van der Waals surface area contributed by atoms with Gasteiger partial charge >= 0.3 is 0 Å². The predicted octanol–water partition coefficient (Wildman–Crippen LogP) is 1.35. The van der Waals surface area contributed by atoms with Crippen molar-refractivity contribution < 1.29 is 18.6 Å². The highest BCUT2D eigenvalue weighted by atomic mass is 19.1. The first-order valence-electron chi connectivity index (χ1n) is 4.39. The van der Waals surface area contributed by atoms with Gasteiger partial charge in [-0.05, 0) is 13.1 Å². The van der Waals surface area contributed by atoms with Crippen LogP contribution in [0.25, 0.3) is 0 Å². The Morgan fingerprint density at radius 1 is 1.33 bits per heavy atom. The molecule has 0 bridgehead atoms. The number of aliphatic hydroxyl groups is 1. The summed E-state index contributed by atoms with van der Waals surface area (Å²) in [7, 11) is 2.87. The molecule has 0 aromatic heterocycles. The van der Waals surface area contributed by atoms with Gasteiger partial charge in [-0.25, -0.2) is 8.78 Å². The molecule has 5 heteroatoms. The summed E-state index contributed by atoms with van der Waals surface area (Å²) >= 11 is 0. The first-order valence-corrected chi connectivity index (χ1v) is 4.39. The van der Waals surface area contributed by atoms with Crippen LogP contribution < -0.4 is 4.74 Å². The molecule has 0 saturated carbocycles. The quantitative estimate of drug-likeness (QED) is 0.773. The highest BCUT2D eigenvalue weighted by Crippen LogP contribution is 2.21. The van der Waals surface area contributed by atoms with Crippen LogP contribution in [-0.4, -0.2) is 30.9 Å². The van der Waals surface area contributed by atoms with Crippen molar-refractivity contribution in [1.29, 1.82) is 0 Å². The normalized spacial score (nSPS) is 10.8.